The molecule has 3 N–H and O–H groups in total. The van der Waals surface area contributed by atoms with Crippen LogP contribution in [0.4, 0.5) is 10.2 Å². The minimum atomic E-state index is -0.490. The molecule has 7 heteroatoms. The summed E-state index contributed by atoms with van der Waals surface area (Å²) in [6.45, 7) is 4.60. The van der Waals surface area contributed by atoms with Gasteiger partial charge >= 0.3 is 0 Å². The first-order valence-corrected chi connectivity index (χ1v) is 5.90. The Hall–Kier alpha value is -1.56. The van der Waals surface area contributed by atoms with Gasteiger partial charge in [-0.3, -0.25) is 0 Å². The van der Waals surface area contributed by atoms with Gasteiger partial charge in [-0.1, -0.05) is 23.7 Å². The molecule has 1 rings (SSSR count). The van der Waals surface area contributed by atoms with Crippen molar-refractivity contribution < 1.29 is 9.60 Å². The summed E-state index contributed by atoms with van der Waals surface area (Å²) in [7, 11) is 0. The SMILES string of the molecule is CCN(CC(C)C(N)=NO)c1ncc(Cl)cc1F. The molecule has 0 aliphatic carbocycles. The van der Waals surface area contributed by atoms with Gasteiger partial charge in [-0.25, -0.2) is 9.37 Å². The fourth-order valence-electron chi connectivity index (χ4n) is 1.53. The molecule has 1 atom stereocenters. The van der Waals surface area contributed by atoms with E-state index in [0.717, 1.165) is 0 Å². The Morgan fingerprint density at radius 3 is 2.89 bits per heavy atom. The molecule has 0 fully saturated rings. The molecule has 1 aromatic heterocycles. The molecule has 100 valence electrons. The Bertz CT molecular complexity index is 441. The normalized spacial score (nSPS) is 13.4. The number of aromatic nitrogens is 1. The van der Waals surface area contributed by atoms with E-state index in [2.05, 4.69) is 10.1 Å². The fraction of sp³-hybridized carbons (Fsp3) is 0.455. The molecule has 0 aliphatic rings. The van der Waals surface area contributed by atoms with Crippen molar-refractivity contribution in [2.24, 2.45) is 16.8 Å². The lowest BCUT2D eigenvalue weighted by Gasteiger charge is -2.25. The van der Waals surface area contributed by atoms with Gasteiger partial charge in [-0.05, 0) is 13.0 Å². The number of oxime groups is 1. The second-order valence-electron chi connectivity index (χ2n) is 3.92. The second kappa shape index (κ2) is 6.39. The van der Waals surface area contributed by atoms with Gasteiger partial charge in [0.15, 0.2) is 11.6 Å². The summed E-state index contributed by atoms with van der Waals surface area (Å²) in [6.07, 6.45) is 1.39. The molecule has 0 bridgehead atoms. The molecule has 0 aliphatic heterocycles. The van der Waals surface area contributed by atoms with Crippen molar-refractivity contribution >= 4 is 23.3 Å². The van der Waals surface area contributed by atoms with Crippen LogP contribution >= 0.6 is 11.6 Å². The third-order valence-electron chi connectivity index (χ3n) is 2.58. The van der Waals surface area contributed by atoms with E-state index in [1.54, 1.807) is 11.8 Å². The molecule has 1 heterocycles. The number of nitrogens with two attached hydrogens (primary N) is 1. The minimum absolute atomic E-state index is 0.0998. The van der Waals surface area contributed by atoms with Crippen LogP contribution in [0.5, 0.6) is 0 Å². The Morgan fingerprint density at radius 2 is 2.39 bits per heavy atom. The molecule has 0 aromatic carbocycles. The molecular weight excluding hydrogens is 259 g/mol. The highest BCUT2D eigenvalue weighted by Gasteiger charge is 2.17. The minimum Gasteiger partial charge on any atom is -0.409 e. The van der Waals surface area contributed by atoms with Crippen molar-refractivity contribution in [3.8, 4) is 0 Å². The van der Waals surface area contributed by atoms with Crippen LogP contribution in [0.1, 0.15) is 13.8 Å². The van der Waals surface area contributed by atoms with Gasteiger partial charge in [-0.15, -0.1) is 0 Å². The maximum Gasteiger partial charge on any atom is 0.167 e. The van der Waals surface area contributed by atoms with Gasteiger partial charge in [0.2, 0.25) is 0 Å². The Kier molecular flexibility index (Phi) is 5.15. The number of hydrogen-bond acceptors (Lipinski definition) is 4. The number of hydrogen-bond donors (Lipinski definition) is 2. The molecular formula is C11H16ClFN4O. The lowest BCUT2D eigenvalue weighted by atomic mass is 10.1. The molecule has 18 heavy (non-hydrogen) atoms. The molecule has 1 aromatic rings. The van der Waals surface area contributed by atoms with Crippen LogP contribution < -0.4 is 10.6 Å². The van der Waals surface area contributed by atoms with Crippen molar-refractivity contribution in [3.63, 3.8) is 0 Å². The highest BCUT2D eigenvalue weighted by molar-refractivity contribution is 6.30. The first kappa shape index (κ1) is 14.5. The maximum atomic E-state index is 13.7. The highest BCUT2D eigenvalue weighted by Crippen LogP contribution is 2.20. The maximum absolute atomic E-state index is 13.7. The van der Waals surface area contributed by atoms with E-state index in [4.69, 9.17) is 22.5 Å². The molecule has 0 radical (unpaired) electrons. The lowest BCUT2D eigenvalue weighted by Crippen LogP contribution is -2.35. The van der Waals surface area contributed by atoms with Gasteiger partial charge in [0.1, 0.15) is 5.84 Å². The average molecular weight is 275 g/mol. The van der Waals surface area contributed by atoms with Gasteiger partial charge in [-0.2, -0.15) is 0 Å². The van der Waals surface area contributed by atoms with Crippen molar-refractivity contribution in [2.45, 2.75) is 13.8 Å². The van der Waals surface area contributed by atoms with Gasteiger partial charge < -0.3 is 15.8 Å². The van der Waals surface area contributed by atoms with E-state index in [1.165, 1.54) is 12.3 Å². The van der Waals surface area contributed by atoms with E-state index in [9.17, 15) is 4.39 Å². The topological polar surface area (TPSA) is 74.7 Å². The third-order valence-corrected chi connectivity index (χ3v) is 2.79. The standard InChI is InChI=1S/C11H16ClFN4O/c1-3-17(6-7(2)10(14)16-18)11-9(13)4-8(12)5-15-11/h4-5,7,18H,3,6H2,1-2H3,(H2,14,16). The Balaban J connectivity index is 2.89. The van der Waals surface area contributed by atoms with Gasteiger partial charge in [0.05, 0.1) is 5.02 Å². The number of anilines is 1. The number of nitrogens with zero attached hydrogens (tertiary/aromatic N) is 3. The van der Waals surface area contributed by atoms with Crippen molar-refractivity contribution in [3.05, 3.63) is 23.1 Å². The van der Waals surface area contributed by atoms with Gasteiger partial charge in [0, 0.05) is 25.2 Å². The summed E-state index contributed by atoms with van der Waals surface area (Å²) < 4.78 is 13.7. The van der Waals surface area contributed by atoms with Crippen molar-refractivity contribution in [1.29, 1.82) is 0 Å². The summed E-state index contributed by atoms with van der Waals surface area (Å²) in [4.78, 5) is 5.67. The summed E-state index contributed by atoms with van der Waals surface area (Å²) >= 11 is 5.65. The zero-order chi connectivity index (χ0) is 13.7. The summed E-state index contributed by atoms with van der Waals surface area (Å²) in [5.41, 5.74) is 5.50. The number of halogens is 2. The number of pyridine rings is 1. The fourth-order valence-corrected chi connectivity index (χ4v) is 1.67. The van der Waals surface area contributed by atoms with E-state index >= 15 is 0 Å². The smallest absolute Gasteiger partial charge is 0.167 e. The summed E-state index contributed by atoms with van der Waals surface area (Å²) in [6, 6.07) is 1.21. The zero-order valence-corrected chi connectivity index (χ0v) is 11.0. The average Bonchev–Trinajstić information content (AvgIpc) is 2.35. The Labute approximate surface area is 110 Å². The van der Waals surface area contributed by atoms with Gasteiger partial charge in [0.25, 0.3) is 0 Å². The van der Waals surface area contributed by atoms with E-state index < -0.39 is 5.82 Å². The molecule has 0 saturated carbocycles. The molecule has 1 unspecified atom stereocenters. The zero-order valence-electron chi connectivity index (χ0n) is 10.3. The van der Waals surface area contributed by atoms with Crippen LogP contribution in [0.25, 0.3) is 0 Å². The molecule has 0 spiro atoms. The van der Waals surface area contributed by atoms with Crippen LogP contribution in [0.15, 0.2) is 17.4 Å². The second-order valence-corrected chi connectivity index (χ2v) is 4.36. The predicted molar refractivity (Wildman–Crippen MR) is 69.7 cm³/mol. The molecule has 0 saturated heterocycles. The number of rotatable bonds is 5. The molecule has 5 nitrogen and oxygen atoms in total. The number of amidine groups is 1. The quantitative estimate of drug-likeness (QED) is 0.373. The predicted octanol–water partition coefficient (Wildman–Crippen LogP) is 2.08. The van der Waals surface area contributed by atoms with Crippen LogP contribution in [0, 0.1) is 11.7 Å². The highest BCUT2D eigenvalue weighted by atomic mass is 35.5. The first-order chi connectivity index (χ1) is 8.49. The van der Waals surface area contributed by atoms with E-state index in [-0.39, 0.29) is 22.6 Å². The van der Waals surface area contributed by atoms with Crippen LogP contribution in [0.2, 0.25) is 5.02 Å². The monoisotopic (exact) mass is 274 g/mol. The van der Waals surface area contributed by atoms with Crippen LogP contribution in [-0.4, -0.2) is 29.1 Å². The van der Waals surface area contributed by atoms with E-state index in [1.807, 2.05) is 6.92 Å². The summed E-state index contributed by atoms with van der Waals surface area (Å²) in [5.74, 6) is -0.398. The van der Waals surface area contributed by atoms with Crippen LogP contribution in [0.3, 0.4) is 0 Å². The first-order valence-electron chi connectivity index (χ1n) is 5.53. The van der Waals surface area contributed by atoms with E-state index in [0.29, 0.717) is 13.1 Å². The Morgan fingerprint density at radius 1 is 1.72 bits per heavy atom. The van der Waals surface area contributed by atoms with Crippen molar-refractivity contribution in [1.82, 2.24) is 4.98 Å². The van der Waals surface area contributed by atoms with Crippen molar-refractivity contribution in [2.75, 3.05) is 18.0 Å². The van der Waals surface area contributed by atoms with Crippen LogP contribution in [-0.2, 0) is 0 Å². The molecule has 0 amide bonds. The third kappa shape index (κ3) is 3.46. The largest absolute Gasteiger partial charge is 0.409 e. The lowest BCUT2D eigenvalue weighted by molar-refractivity contribution is 0.314. The summed E-state index contributed by atoms with van der Waals surface area (Å²) in [5, 5.41) is 11.8.